The van der Waals surface area contributed by atoms with Crippen LogP contribution in [0.3, 0.4) is 0 Å². The van der Waals surface area contributed by atoms with Crippen LogP contribution in [0.4, 0.5) is 8.78 Å². The minimum Gasteiger partial charge on any atom is -0.486 e. The molecule has 3 nitrogen and oxygen atoms in total. The van der Waals surface area contributed by atoms with E-state index in [1.165, 1.54) is 36.4 Å². The van der Waals surface area contributed by atoms with Gasteiger partial charge in [0.25, 0.3) is 0 Å². The topological polar surface area (TPSA) is 46.5 Å². The van der Waals surface area contributed by atoms with Gasteiger partial charge >= 0.3 is 5.97 Å². The smallest absolute Gasteiger partial charge is 0.328 e. The van der Waals surface area contributed by atoms with Crippen LogP contribution >= 0.6 is 0 Å². The molecule has 108 valence electrons. The first-order chi connectivity index (χ1) is 10.0. The summed E-state index contributed by atoms with van der Waals surface area (Å²) in [6, 6.07) is 9.94. The van der Waals surface area contributed by atoms with E-state index < -0.39 is 11.8 Å². The molecule has 2 aromatic carbocycles. The molecular formula is C16H12F2O3. The highest BCUT2D eigenvalue weighted by Crippen LogP contribution is 2.20. The zero-order valence-corrected chi connectivity index (χ0v) is 10.9. The van der Waals surface area contributed by atoms with E-state index in [1.54, 1.807) is 12.1 Å². The van der Waals surface area contributed by atoms with E-state index >= 15 is 0 Å². The van der Waals surface area contributed by atoms with Crippen molar-refractivity contribution in [3.8, 4) is 5.75 Å². The lowest BCUT2D eigenvalue weighted by atomic mass is 10.2. The van der Waals surface area contributed by atoms with Crippen LogP contribution in [0.2, 0.25) is 0 Å². The summed E-state index contributed by atoms with van der Waals surface area (Å²) in [5.41, 5.74) is 0.997. The fourth-order valence-corrected chi connectivity index (χ4v) is 1.69. The molecule has 0 unspecified atom stereocenters. The molecule has 2 aromatic rings. The predicted molar refractivity (Wildman–Crippen MR) is 73.8 cm³/mol. The van der Waals surface area contributed by atoms with Gasteiger partial charge in [-0.3, -0.25) is 0 Å². The maximum absolute atomic E-state index is 13.8. The summed E-state index contributed by atoms with van der Waals surface area (Å²) in [7, 11) is 0. The van der Waals surface area contributed by atoms with Crippen molar-refractivity contribution in [2.45, 2.75) is 6.61 Å². The van der Waals surface area contributed by atoms with Crippen molar-refractivity contribution in [1.82, 2.24) is 0 Å². The molecule has 0 bridgehead atoms. The minimum absolute atomic E-state index is 0.0201. The predicted octanol–water partition coefficient (Wildman–Crippen LogP) is 3.64. The molecule has 0 aromatic heterocycles. The zero-order chi connectivity index (χ0) is 15.2. The van der Waals surface area contributed by atoms with Crippen LogP contribution in [-0.4, -0.2) is 11.1 Å². The van der Waals surface area contributed by atoms with Gasteiger partial charge in [0, 0.05) is 6.08 Å². The number of benzene rings is 2. The van der Waals surface area contributed by atoms with Gasteiger partial charge < -0.3 is 9.84 Å². The fourth-order valence-electron chi connectivity index (χ4n) is 1.69. The lowest BCUT2D eigenvalue weighted by molar-refractivity contribution is -0.131. The molecule has 0 amide bonds. The third kappa shape index (κ3) is 4.42. The second-order valence-corrected chi connectivity index (χ2v) is 4.28. The van der Waals surface area contributed by atoms with Crippen LogP contribution in [0.5, 0.6) is 5.75 Å². The molecule has 1 N–H and O–H groups in total. The van der Waals surface area contributed by atoms with Crippen molar-refractivity contribution in [2.75, 3.05) is 0 Å². The van der Waals surface area contributed by atoms with E-state index in [1.807, 2.05) is 0 Å². The molecule has 0 radical (unpaired) electrons. The summed E-state index contributed by atoms with van der Waals surface area (Å²) in [5.74, 6) is -2.08. The Morgan fingerprint density at radius 1 is 1.19 bits per heavy atom. The molecule has 0 spiro atoms. The number of carboxylic acids is 1. The number of hydrogen-bond acceptors (Lipinski definition) is 2. The van der Waals surface area contributed by atoms with Crippen LogP contribution in [-0.2, 0) is 11.4 Å². The van der Waals surface area contributed by atoms with E-state index in [0.29, 0.717) is 11.1 Å². The standard InChI is InChI=1S/C16H12F2O3/c17-13-3-1-2-12(8-13)10-21-15-6-4-11(9-14(15)18)5-7-16(19)20/h1-9H,10H2,(H,19,20)/b7-5+. The lowest BCUT2D eigenvalue weighted by Crippen LogP contribution is -1.98. The van der Waals surface area contributed by atoms with E-state index in [9.17, 15) is 13.6 Å². The van der Waals surface area contributed by atoms with Gasteiger partial charge in [-0.1, -0.05) is 18.2 Å². The monoisotopic (exact) mass is 290 g/mol. The third-order valence-electron chi connectivity index (χ3n) is 2.66. The second kappa shape index (κ2) is 6.65. The summed E-state index contributed by atoms with van der Waals surface area (Å²) in [6.45, 7) is 0.0407. The normalized spacial score (nSPS) is 10.8. The third-order valence-corrected chi connectivity index (χ3v) is 2.66. The van der Waals surface area contributed by atoms with Crippen molar-refractivity contribution in [3.05, 3.63) is 71.3 Å². The second-order valence-electron chi connectivity index (χ2n) is 4.28. The number of hydrogen-bond donors (Lipinski definition) is 1. The van der Waals surface area contributed by atoms with Gasteiger partial charge in [0.1, 0.15) is 12.4 Å². The molecule has 0 aliphatic rings. The minimum atomic E-state index is -1.11. The molecule has 0 aliphatic carbocycles. The van der Waals surface area contributed by atoms with E-state index in [0.717, 1.165) is 6.08 Å². The molecule has 5 heteroatoms. The molecule has 0 fully saturated rings. The number of carboxylic acid groups (broad SMARTS) is 1. The Kier molecular flexibility index (Phi) is 4.66. The molecule has 0 heterocycles. The Hall–Kier alpha value is -2.69. The number of ether oxygens (including phenoxy) is 1. The van der Waals surface area contributed by atoms with E-state index in [2.05, 4.69) is 0 Å². The summed E-state index contributed by atoms with van der Waals surface area (Å²) in [5, 5.41) is 8.50. The number of aliphatic carboxylic acids is 1. The Bertz CT molecular complexity index is 681. The molecule has 2 rings (SSSR count). The highest BCUT2D eigenvalue weighted by atomic mass is 19.1. The van der Waals surface area contributed by atoms with Crippen LogP contribution in [0.15, 0.2) is 48.5 Å². The molecule has 21 heavy (non-hydrogen) atoms. The highest BCUT2D eigenvalue weighted by Gasteiger charge is 2.05. The summed E-state index contributed by atoms with van der Waals surface area (Å²) < 4.78 is 32.0. The Morgan fingerprint density at radius 2 is 2.00 bits per heavy atom. The first-order valence-electron chi connectivity index (χ1n) is 6.12. The van der Waals surface area contributed by atoms with Gasteiger partial charge in [-0.25, -0.2) is 13.6 Å². The number of rotatable bonds is 5. The van der Waals surface area contributed by atoms with Gasteiger partial charge in [0.15, 0.2) is 11.6 Å². The molecule has 0 aliphatic heterocycles. The first-order valence-corrected chi connectivity index (χ1v) is 6.12. The van der Waals surface area contributed by atoms with Crippen molar-refractivity contribution >= 4 is 12.0 Å². The summed E-state index contributed by atoms with van der Waals surface area (Å²) in [6.07, 6.45) is 2.20. The van der Waals surface area contributed by atoms with Crippen LogP contribution in [0.1, 0.15) is 11.1 Å². The molecular weight excluding hydrogens is 278 g/mol. The Morgan fingerprint density at radius 3 is 2.67 bits per heavy atom. The number of carbonyl (C=O) groups is 1. The largest absolute Gasteiger partial charge is 0.486 e. The summed E-state index contributed by atoms with van der Waals surface area (Å²) in [4.78, 5) is 10.4. The van der Waals surface area contributed by atoms with Crippen molar-refractivity contribution in [2.24, 2.45) is 0 Å². The maximum atomic E-state index is 13.8. The zero-order valence-electron chi connectivity index (χ0n) is 10.9. The van der Waals surface area contributed by atoms with Crippen LogP contribution < -0.4 is 4.74 Å². The van der Waals surface area contributed by atoms with E-state index in [4.69, 9.17) is 9.84 Å². The molecule has 0 atom stereocenters. The maximum Gasteiger partial charge on any atom is 0.328 e. The SMILES string of the molecule is O=C(O)/C=C/c1ccc(OCc2cccc(F)c2)c(F)c1. The lowest BCUT2D eigenvalue weighted by Gasteiger charge is -2.08. The number of halogens is 2. The quantitative estimate of drug-likeness (QED) is 0.855. The first kappa shape index (κ1) is 14.7. The summed E-state index contributed by atoms with van der Waals surface area (Å²) >= 11 is 0. The van der Waals surface area contributed by atoms with Gasteiger partial charge in [0.05, 0.1) is 0 Å². The van der Waals surface area contributed by atoms with Gasteiger partial charge in [0.2, 0.25) is 0 Å². The van der Waals surface area contributed by atoms with Gasteiger partial charge in [-0.05, 0) is 41.5 Å². The van der Waals surface area contributed by atoms with Gasteiger partial charge in [-0.15, -0.1) is 0 Å². The average Bonchev–Trinajstić information content (AvgIpc) is 2.44. The van der Waals surface area contributed by atoms with Gasteiger partial charge in [-0.2, -0.15) is 0 Å². The van der Waals surface area contributed by atoms with Crippen molar-refractivity contribution < 1.29 is 23.4 Å². The average molecular weight is 290 g/mol. The molecule has 0 saturated carbocycles. The van der Waals surface area contributed by atoms with Crippen LogP contribution in [0.25, 0.3) is 6.08 Å². The fraction of sp³-hybridized carbons (Fsp3) is 0.0625. The van der Waals surface area contributed by atoms with Crippen LogP contribution in [0, 0.1) is 11.6 Å². The highest BCUT2D eigenvalue weighted by molar-refractivity contribution is 5.85. The Labute approximate surface area is 120 Å². The molecule has 0 saturated heterocycles. The Balaban J connectivity index is 2.06. The van der Waals surface area contributed by atoms with Crippen molar-refractivity contribution in [1.29, 1.82) is 0 Å². The van der Waals surface area contributed by atoms with E-state index in [-0.39, 0.29) is 18.2 Å². The van der Waals surface area contributed by atoms with Crippen molar-refractivity contribution in [3.63, 3.8) is 0 Å².